The maximum atomic E-state index is 4.93. The minimum atomic E-state index is -0.531. The van der Waals surface area contributed by atoms with E-state index in [0.717, 1.165) is 24.5 Å². The highest BCUT2D eigenvalue weighted by Gasteiger charge is 2.54. The first-order valence-corrected chi connectivity index (χ1v) is 26.6. The zero-order valence-electron chi connectivity index (χ0n) is 42.4. The Bertz CT molecular complexity index is 3940. The van der Waals surface area contributed by atoms with Gasteiger partial charge in [-0.2, -0.15) is 0 Å². The van der Waals surface area contributed by atoms with Gasteiger partial charge in [0.2, 0.25) is 0 Å². The van der Waals surface area contributed by atoms with Gasteiger partial charge in [0.15, 0.2) is 0 Å². The van der Waals surface area contributed by atoms with E-state index in [1.54, 1.807) is 0 Å². The van der Waals surface area contributed by atoms with E-state index in [9.17, 15) is 0 Å². The zero-order chi connectivity index (χ0) is 49.5. The van der Waals surface area contributed by atoms with Crippen LogP contribution in [0.15, 0.2) is 213 Å². The Balaban J connectivity index is 1.07. The fourth-order valence-electron chi connectivity index (χ4n) is 13.9. The van der Waals surface area contributed by atoms with Crippen molar-refractivity contribution in [3.8, 4) is 44.5 Å². The van der Waals surface area contributed by atoms with Crippen LogP contribution < -0.4 is 31.1 Å². The van der Waals surface area contributed by atoms with Gasteiger partial charge in [-0.1, -0.05) is 166 Å². The summed E-state index contributed by atoms with van der Waals surface area (Å²) in [5.74, 6) is 0. The van der Waals surface area contributed by atoms with E-state index in [1.165, 1.54) is 136 Å². The number of benzene rings is 9. The molecule has 0 radical (unpaired) electrons. The van der Waals surface area contributed by atoms with Gasteiger partial charge in [0.1, 0.15) is 0 Å². The number of nitrogens with zero attached hydrogens (tertiary/aromatic N) is 4. The highest BCUT2D eigenvalue weighted by atomic mass is 15.2. The van der Waals surface area contributed by atoms with Gasteiger partial charge in [-0.05, 0) is 163 Å². The van der Waals surface area contributed by atoms with Crippen LogP contribution in [0.25, 0.3) is 44.5 Å². The second-order valence-corrected chi connectivity index (χ2v) is 22.2. The second-order valence-electron chi connectivity index (χ2n) is 22.2. The van der Waals surface area contributed by atoms with E-state index >= 15 is 0 Å². The summed E-state index contributed by atoms with van der Waals surface area (Å²) in [5.41, 5.74) is 29.6. The van der Waals surface area contributed by atoms with Crippen molar-refractivity contribution in [2.45, 2.75) is 51.4 Å². The third-order valence-corrected chi connectivity index (χ3v) is 17.1. The first-order chi connectivity index (χ1) is 36.3. The number of rotatable bonds is 5. The largest absolute Gasteiger partial charge is 0.372 e. The number of fused-ring (bicyclic) bond motifs is 14. The molecule has 1 saturated heterocycles. The highest BCUT2D eigenvalue weighted by molar-refractivity contribution is 7.00. The predicted molar refractivity (Wildman–Crippen MR) is 310 cm³/mol. The third-order valence-electron chi connectivity index (χ3n) is 17.1. The van der Waals surface area contributed by atoms with E-state index in [-0.39, 0.29) is 12.1 Å². The first kappa shape index (κ1) is 43.2. The van der Waals surface area contributed by atoms with Crippen molar-refractivity contribution >= 4 is 62.9 Å². The van der Waals surface area contributed by atoms with Crippen molar-refractivity contribution in [1.82, 2.24) is 4.98 Å². The van der Waals surface area contributed by atoms with Crippen LogP contribution in [0, 0.1) is 6.92 Å². The monoisotopic (exact) mass is 950 g/mol. The fraction of sp³-hybridized carbons (Fsp3) is 0.145. The van der Waals surface area contributed by atoms with E-state index in [2.05, 4.69) is 249 Å². The average Bonchev–Trinajstić information content (AvgIpc) is 4.24. The number of hydrogen-bond donors (Lipinski definition) is 0. The van der Waals surface area contributed by atoms with Gasteiger partial charge in [-0.15, -0.1) is 0 Å². The molecule has 74 heavy (non-hydrogen) atoms. The molecule has 9 aromatic carbocycles. The van der Waals surface area contributed by atoms with Crippen LogP contribution in [0.3, 0.4) is 0 Å². The first-order valence-electron chi connectivity index (χ1n) is 26.6. The van der Waals surface area contributed by atoms with Crippen molar-refractivity contribution in [1.29, 1.82) is 0 Å². The lowest BCUT2D eigenvalue weighted by atomic mass is 9.33. The molecule has 0 saturated carbocycles. The molecule has 0 amide bonds. The van der Waals surface area contributed by atoms with Crippen LogP contribution in [0.4, 0.5) is 39.8 Å². The zero-order valence-corrected chi connectivity index (χ0v) is 42.4. The van der Waals surface area contributed by atoms with Gasteiger partial charge >= 0.3 is 0 Å². The lowest BCUT2D eigenvalue weighted by molar-refractivity contribution is 0.590. The minimum absolute atomic E-state index is 0.0595. The molecule has 0 unspecified atom stereocenters. The summed E-state index contributed by atoms with van der Waals surface area (Å²) in [4.78, 5) is 12.7. The molecular weight excluding hydrogens is 896 g/mol. The Morgan fingerprint density at radius 2 is 1.03 bits per heavy atom. The second kappa shape index (κ2) is 16.0. The van der Waals surface area contributed by atoms with Gasteiger partial charge in [-0.25, -0.2) is 0 Å². The molecule has 5 aliphatic rings. The molecule has 1 aromatic heterocycles. The van der Waals surface area contributed by atoms with Gasteiger partial charge < -0.3 is 14.7 Å². The molecule has 354 valence electrons. The number of anilines is 7. The van der Waals surface area contributed by atoms with E-state index in [1.807, 2.05) is 6.20 Å². The summed E-state index contributed by atoms with van der Waals surface area (Å²) in [6.45, 7) is 11.4. The van der Waals surface area contributed by atoms with Crippen LogP contribution in [0.1, 0.15) is 67.0 Å². The van der Waals surface area contributed by atoms with E-state index < -0.39 is 5.41 Å². The van der Waals surface area contributed by atoms with Gasteiger partial charge in [0.25, 0.3) is 6.71 Å². The Kier molecular flexibility index (Phi) is 9.37. The molecule has 2 aliphatic carbocycles. The lowest BCUT2D eigenvalue weighted by Crippen LogP contribution is -2.61. The normalized spacial score (nSPS) is 16.4. The SMILES string of the molecule is Cc1cc2c3c(c1)N(c1ccc(C(C)(C)C)cc1-c1ccccc1)c1cc4c(cc1B3c1ccncc1N2c1ccccc1-c1ccccc1)-c1ccccc1[C@@]41c2ccccc2-c2ccc(N3CCCC3)cc21. The Hall–Kier alpha value is -8.41. The summed E-state index contributed by atoms with van der Waals surface area (Å²) < 4.78 is 0. The van der Waals surface area contributed by atoms with Crippen molar-refractivity contribution in [3.63, 3.8) is 0 Å². The molecule has 4 heterocycles. The fourth-order valence-corrected chi connectivity index (χ4v) is 13.9. The number of pyridine rings is 1. The summed E-state index contributed by atoms with van der Waals surface area (Å²) in [7, 11) is 0. The van der Waals surface area contributed by atoms with Crippen LogP contribution in [0.5, 0.6) is 0 Å². The standard InChI is InChI=1S/C69H55BN4/c1-44-37-64-67-65(38-44)74(61-28-16-13-23-49(61)45-19-7-5-8-20-45)66-43-71-34-33-59(66)70(67)60-41-54-51-25-12-15-27-56(51)69(55-26-14-11-24-50(55)52-31-30-48(40-57(52)69)72-35-17-18-36-72)58(54)42-63(60)73(64)62-32-29-47(68(2,3)4)39-53(62)46-21-9-6-10-22-46/h5-16,19-34,37-43H,17-18,35-36H2,1-4H3/t69-/m1/s1. The molecule has 0 N–H and O–H groups in total. The predicted octanol–water partition coefficient (Wildman–Crippen LogP) is 15.0. The van der Waals surface area contributed by atoms with E-state index in [4.69, 9.17) is 4.98 Å². The van der Waals surface area contributed by atoms with Crippen molar-refractivity contribution in [2.75, 3.05) is 27.8 Å². The molecule has 3 aliphatic heterocycles. The van der Waals surface area contributed by atoms with Crippen LogP contribution in [-0.2, 0) is 10.8 Å². The van der Waals surface area contributed by atoms with Crippen LogP contribution in [-0.4, -0.2) is 24.8 Å². The Morgan fingerprint density at radius 3 is 1.73 bits per heavy atom. The molecular formula is C69H55BN4. The molecule has 1 fully saturated rings. The molecule has 1 spiro atoms. The van der Waals surface area contributed by atoms with Crippen molar-refractivity contribution < 1.29 is 0 Å². The Labute approximate surface area is 435 Å². The summed E-state index contributed by atoms with van der Waals surface area (Å²) in [5, 5.41) is 0. The van der Waals surface area contributed by atoms with Gasteiger partial charge in [0, 0.05) is 53.2 Å². The highest BCUT2D eigenvalue weighted by Crippen LogP contribution is 2.64. The smallest absolute Gasteiger partial charge is 0.252 e. The topological polar surface area (TPSA) is 22.6 Å². The summed E-state index contributed by atoms with van der Waals surface area (Å²) in [6, 6.07) is 76.5. The van der Waals surface area contributed by atoms with Crippen LogP contribution in [0.2, 0.25) is 0 Å². The van der Waals surface area contributed by atoms with Gasteiger partial charge in [0.05, 0.1) is 28.7 Å². The number of aromatic nitrogens is 1. The maximum absolute atomic E-state index is 4.93. The molecule has 1 atom stereocenters. The average molecular weight is 951 g/mol. The quantitative estimate of drug-likeness (QED) is 0.160. The summed E-state index contributed by atoms with van der Waals surface area (Å²) in [6.07, 6.45) is 6.58. The maximum Gasteiger partial charge on any atom is 0.252 e. The molecule has 0 bridgehead atoms. The van der Waals surface area contributed by atoms with E-state index in [0.29, 0.717) is 0 Å². The molecule has 10 aromatic rings. The minimum Gasteiger partial charge on any atom is -0.372 e. The van der Waals surface area contributed by atoms with Crippen LogP contribution >= 0.6 is 0 Å². The third kappa shape index (κ3) is 6.07. The van der Waals surface area contributed by atoms with Crippen molar-refractivity contribution in [2.24, 2.45) is 0 Å². The molecule has 15 rings (SSSR count). The number of aryl methyl sites for hydroxylation is 1. The van der Waals surface area contributed by atoms with Crippen molar-refractivity contribution in [3.05, 3.63) is 246 Å². The lowest BCUT2D eigenvalue weighted by Gasteiger charge is -2.45. The molecule has 5 heteroatoms. The Morgan fingerprint density at radius 1 is 0.446 bits per heavy atom. The number of para-hydroxylation sites is 1. The summed E-state index contributed by atoms with van der Waals surface area (Å²) >= 11 is 0. The molecule has 4 nitrogen and oxygen atoms in total. The number of hydrogen-bond acceptors (Lipinski definition) is 4. The van der Waals surface area contributed by atoms with Gasteiger partial charge in [-0.3, -0.25) is 4.98 Å².